The van der Waals surface area contributed by atoms with Crippen molar-refractivity contribution < 1.29 is 4.79 Å². The van der Waals surface area contributed by atoms with Crippen molar-refractivity contribution >= 4 is 12.0 Å². The van der Waals surface area contributed by atoms with Crippen molar-refractivity contribution in [1.29, 1.82) is 0 Å². The Kier molecular flexibility index (Phi) is 7.21. The van der Waals surface area contributed by atoms with Gasteiger partial charge in [0.2, 0.25) is 0 Å². The second kappa shape index (κ2) is 8.68. The smallest absolute Gasteiger partial charge is 0.157 e. The molecular formula is C18H27NO. The fraction of sp³-hybridized carbons (Fsp3) is 0.556. The van der Waals surface area contributed by atoms with Gasteiger partial charge < -0.3 is 0 Å². The van der Waals surface area contributed by atoms with Crippen molar-refractivity contribution in [3.63, 3.8) is 0 Å². The highest BCUT2D eigenvalue weighted by atomic mass is 16.1. The van der Waals surface area contributed by atoms with Crippen molar-refractivity contribution in [2.75, 3.05) is 0 Å². The molecule has 0 aliphatic rings. The highest BCUT2D eigenvalue weighted by Gasteiger charge is 2.32. The van der Waals surface area contributed by atoms with Gasteiger partial charge in [-0.15, -0.1) is 0 Å². The molecule has 0 saturated carbocycles. The van der Waals surface area contributed by atoms with Crippen molar-refractivity contribution in [2.24, 2.45) is 4.99 Å². The number of Topliss-reactive ketones (excluding diaryl/α,β-unsaturated/α-hetero) is 1. The van der Waals surface area contributed by atoms with Gasteiger partial charge in [0.25, 0.3) is 0 Å². The Morgan fingerprint density at radius 2 is 1.65 bits per heavy atom. The zero-order chi connectivity index (χ0) is 14.8. The summed E-state index contributed by atoms with van der Waals surface area (Å²) < 4.78 is 0. The van der Waals surface area contributed by atoms with E-state index in [1.54, 1.807) is 6.92 Å². The Labute approximate surface area is 123 Å². The first kappa shape index (κ1) is 16.6. The fourth-order valence-electron chi connectivity index (χ4n) is 2.37. The summed E-state index contributed by atoms with van der Waals surface area (Å²) in [5, 5.41) is 0. The van der Waals surface area contributed by atoms with Crippen molar-refractivity contribution in [1.82, 2.24) is 0 Å². The highest BCUT2D eigenvalue weighted by molar-refractivity contribution is 5.90. The number of unbranched alkanes of at least 4 members (excludes halogenated alkanes) is 2. The number of hydrogen-bond donors (Lipinski definition) is 0. The quantitative estimate of drug-likeness (QED) is 0.593. The minimum atomic E-state index is -0.512. The van der Waals surface area contributed by atoms with Gasteiger partial charge in [-0.05, 0) is 25.3 Å². The van der Waals surface area contributed by atoms with Crippen LogP contribution >= 0.6 is 0 Å². The number of aliphatic imine (C=N–C) groups is 1. The first-order valence-corrected chi connectivity index (χ1v) is 7.76. The van der Waals surface area contributed by atoms with Crippen LogP contribution in [-0.2, 0) is 4.79 Å². The topological polar surface area (TPSA) is 29.4 Å². The Bertz CT molecular complexity index is 414. The van der Waals surface area contributed by atoms with Gasteiger partial charge in [-0.1, -0.05) is 69.9 Å². The summed E-state index contributed by atoms with van der Waals surface area (Å²) in [5.41, 5.74) is 0.549. The lowest BCUT2D eigenvalue weighted by Crippen LogP contribution is -2.35. The number of carbonyl (C=O) groups is 1. The first-order valence-electron chi connectivity index (χ1n) is 7.76. The van der Waals surface area contributed by atoms with Crippen LogP contribution in [0.25, 0.3) is 0 Å². The lowest BCUT2D eigenvalue weighted by molar-refractivity contribution is -0.122. The molecule has 1 rings (SSSR count). The maximum Gasteiger partial charge on any atom is 0.157 e. The molecule has 0 atom stereocenters. The summed E-state index contributed by atoms with van der Waals surface area (Å²) >= 11 is 0. The minimum Gasteiger partial charge on any atom is -0.297 e. The third-order valence-corrected chi connectivity index (χ3v) is 3.80. The maximum atomic E-state index is 12.2. The summed E-state index contributed by atoms with van der Waals surface area (Å²) in [4.78, 5) is 16.9. The predicted molar refractivity (Wildman–Crippen MR) is 86.5 cm³/mol. The standard InChI is InChI=1S/C18H27NO/c1-4-6-13-18(16(3)20,14-7-5-2)19-15-17-11-9-8-10-12-17/h8-12,15H,4-7,13-14H2,1-3H3. The zero-order valence-electron chi connectivity index (χ0n) is 13.1. The van der Waals surface area contributed by atoms with Crippen LogP contribution in [0.2, 0.25) is 0 Å². The average Bonchev–Trinajstić information content (AvgIpc) is 2.47. The summed E-state index contributed by atoms with van der Waals surface area (Å²) in [7, 11) is 0. The Morgan fingerprint density at radius 3 is 2.10 bits per heavy atom. The van der Waals surface area contributed by atoms with Gasteiger partial charge in [0.1, 0.15) is 5.54 Å². The van der Waals surface area contributed by atoms with Crippen LogP contribution in [0.15, 0.2) is 35.3 Å². The van der Waals surface area contributed by atoms with Crippen molar-refractivity contribution in [2.45, 2.75) is 64.8 Å². The third kappa shape index (κ3) is 4.92. The van der Waals surface area contributed by atoms with Crippen LogP contribution < -0.4 is 0 Å². The van der Waals surface area contributed by atoms with Crippen LogP contribution in [0.4, 0.5) is 0 Å². The number of carbonyl (C=O) groups excluding carboxylic acids is 1. The van der Waals surface area contributed by atoms with E-state index in [2.05, 4.69) is 13.8 Å². The molecule has 0 amide bonds. The van der Waals surface area contributed by atoms with Gasteiger partial charge in [0.15, 0.2) is 5.78 Å². The fourth-order valence-corrected chi connectivity index (χ4v) is 2.37. The van der Waals surface area contributed by atoms with E-state index in [4.69, 9.17) is 4.99 Å². The molecule has 20 heavy (non-hydrogen) atoms. The Morgan fingerprint density at radius 1 is 1.10 bits per heavy atom. The summed E-state index contributed by atoms with van der Waals surface area (Å²) in [5.74, 6) is 0.201. The number of nitrogens with zero attached hydrogens (tertiary/aromatic N) is 1. The lowest BCUT2D eigenvalue weighted by Gasteiger charge is -2.27. The van der Waals surface area contributed by atoms with Crippen LogP contribution in [0.5, 0.6) is 0 Å². The second-order valence-corrected chi connectivity index (χ2v) is 5.46. The van der Waals surface area contributed by atoms with Crippen LogP contribution in [0.3, 0.4) is 0 Å². The molecule has 2 nitrogen and oxygen atoms in total. The van der Waals surface area contributed by atoms with E-state index in [0.717, 1.165) is 44.1 Å². The molecule has 0 bridgehead atoms. The molecule has 0 heterocycles. The minimum absolute atomic E-state index is 0.201. The molecule has 0 N–H and O–H groups in total. The Hall–Kier alpha value is -1.44. The molecule has 0 unspecified atom stereocenters. The molecule has 0 radical (unpaired) electrons. The Balaban J connectivity index is 2.94. The first-order chi connectivity index (χ1) is 9.64. The van der Waals surface area contributed by atoms with Gasteiger partial charge in [-0.25, -0.2) is 0 Å². The van der Waals surface area contributed by atoms with Crippen molar-refractivity contribution in [3.05, 3.63) is 35.9 Å². The number of ketones is 1. The van der Waals surface area contributed by atoms with Gasteiger partial charge in [0, 0.05) is 6.21 Å². The SMILES string of the molecule is CCCCC(CCCC)(N=Cc1ccccc1)C(C)=O. The van der Waals surface area contributed by atoms with Crippen LogP contribution in [0, 0.1) is 0 Å². The molecule has 1 aromatic carbocycles. The highest BCUT2D eigenvalue weighted by Crippen LogP contribution is 2.27. The molecule has 0 aliphatic carbocycles. The van der Waals surface area contributed by atoms with Gasteiger partial charge in [0.05, 0.1) is 0 Å². The molecule has 0 spiro atoms. The van der Waals surface area contributed by atoms with Crippen molar-refractivity contribution in [3.8, 4) is 0 Å². The van der Waals surface area contributed by atoms with Crippen LogP contribution in [0.1, 0.15) is 64.9 Å². The number of rotatable bonds is 9. The lowest BCUT2D eigenvalue weighted by atomic mass is 9.84. The van der Waals surface area contributed by atoms with E-state index in [0.29, 0.717) is 0 Å². The molecule has 2 heteroatoms. The monoisotopic (exact) mass is 273 g/mol. The normalized spacial score (nSPS) is 11.9. The summed E-state index contributed by atoms with van der Waals surface area (Å²) in [6, 6.07) is 10.0. The van der Waals surface area contributed by atoms with E-state index in [1.807, 2.05) is 36.5 Å². The molecule has 0 aliphatic heterocycles. The van der Waals surface area contributed by atoms with E-state index in [9.17, 15) is 4.79 Å². The predicted octanol–water partition coefficient (Wildman–Crippen LogP) is 4.81. The molecule has 0 saturated heterocycles. The second-order valence-electron chi connectivity index (χ2n) is 5.46. The summed E-state index contributed by atoms with van der Waals surface area (Å²) in [6.07, 6.45) is 7.89. The molecule has 110 valence electrons. The largest absolute Gasteiger partial charge is 0.297 e. The molecule has 0 aromatic heterocycles. The van der Waals surface area contributed by atoms with Crippen LogP contribution in [-0.4, -0.2) is 17.5 Å². The maximum absolute atomic E-state index is 12.2. The van der Waals surface area contributed by atoms with E-state index in [1.165, 1.54) is 0 Å². The molecule has 1 aromatic rings. The van der Waals surface area contributed by atoms with E-state index in [-0.39, 0.29) is 5.78 Å². The van der Waals surface area contributed by atoms with Gasteiger partial charge in [-0.3, -0.25) is 9.79 Å². The average molecular weight is 273 g/mol. The number of benzene rings is 1. The number of hydrogen-bond acceptors (Lipinski definition) is 2. The summed E-state index contributed by atoms with van der Waals surface area (Å²) in [6.45, 7) is 6.00. The van der Waals surface area contributed by atoms with E-state index < -0.39 is 5.54 Å². The third-order valence-electron chi connectivity index (χ3n) is 3.80. The molecular weight excluding hydrogens is 246 g/mol. The zero-order valence-corrected chi connectivity index (χ0v) is 13.1. The molecule has 0 fully saturated rings. The van der Waals surface area contributed by atoms with Gasteiger partial charge >= 0.3 is 0 Å². The van der Waals surface area contributed by atoms with Gasteiger partial charge in [-0.2, -0.15) is 0 Å². The van der Waals surface area contributed by atoms with E-state index >= 15 is 0 Å².